The third-order valence-corrected chi connectivity index (χ3v) is 4.24. The van der Waals surface area contributed by atoms with Crippen LogP contribution in [0.1, 0.15) is 37.7 Å². The minimum atomic E-state index is 0.982. The first-order valence-electron chi connectivity index (χ1n) is 6.81. The van der Waals surface area contributed by atoms with E-state index in [0.717, 1.165) is 11.8 Å². The van der Waals surface area contributed by atoms with Crippen LogP contribution in [0.25, 0.3) is 6.08 Å². The summed E-state index contributed by atoms with van der Waals surface area (Å²) in [5.41, 5.74) is 3.06. The number of fused-ring (bicyclic) bond motifs is 2. The lowest BCUT2D eigenvalue weighted by Crippen LogP contribution is -2.06. The Labute approximate surface area is 104 Å². The maximum absolute atomic E-state index is 2.47. The van der Waals surface area contributed by atoms with Crippen LogP contribution in [-0.2, 0) is 0 Å². The molecule has 2 unspecified atom stereocenters. The third kappa shape index (κ3) is 2.52. The van der Waals surface area contributed by atoms with Gasteiger partial charge in [0.15, 0.2) is 0 Å². The molecule has 0 aromatic heterocycles. The lowest BCUT2D eigenvalue weighted by molar-refractivity contribution is 0.368. The fourth-order valence-electron chi connectivity index (χ4n) is 3.28. The summed E-state index contributed by atoms with van der Waals surface area (Å²) < 4.78 is 0. The van der Waals surface area contributed by atoms with Gasteiger partial charge in [-0.2, -0.15) is 0 Å². The van der Waals surface area contributed by atoms with Gasteiger partial charge in [0, 0.05) is 0 Å². The van der Waals surface area contributed by atoms with E-state index in [4.69, 9.17) is 0 Å². The van der Waals surface area contributed by atoms with E-state index in [1.165, 1.54) is 37.7 Å². The fraction of sp³-hybridized carbons (Fsp3) is 0.412. The van der Waals surface area contributed by atoms with Crippen LogP contribution < -0.4 is 0 Å². The van der Waals surface area contributed by atoms with E-state index >= 15 is 0 Å². The molecule has 0 nitrogen and oxygen atoms in total. The van der Waals surface area contributed by atoms with Gasteiger partial charge < -0.3 is 0 Å². The quantitative estimate of drug-likeness (QED) is 0.642. The SMILES string of the molecule is C(=Cc1ccccc1)CCC1CC2=CCC1C2. The maximum atomic E-state index is 2.47. The first-order valence-corrected chi connectivity index (χ1v) is 6.81. The van der Waals surface area contributed by atoms with E-state index in [1.807, 2.05) is 0 Å². The molecule has 2 bridgehead atoms. The van der Waals surface area contributed by atoms with Gasteiger partial charge in [0.1, 0.15) is 0 Å². The van der Waals surface area contributed by atoms with Gasteiger partial charge in [-0.25, -0.2) is 0 Å². The molecule has 3 rings (SSSR count). The number of hydrogen-bond donors (Lipinski definition) is 0. The zero-order chi connectivity index (χ0) is 11.5. The van der Waals surface area contributed by atoms with Crippen molar-refractivity contribution in [1.29, 1.82) is 0 Å². The molecule has 0 saturated heterocycles. The van der Waals surface area contributed by atoms with Crippen LogP contribution in [0.3, 0.4) is 0 Å². The smallest absolute Gasteiger partial charge is 0.0260 e. The van der Waals surface area contributed by atoms with Gasteiger partial charge in [-0.3, -0.25) is 0 Å². The van der Waals surface area contributed by atoms with Crippen molar-refractivity contribution in [2.24, 2.45) is 11.8 Å². The molecule has 17 heavy (non-hydrogen) atoms. The minimum absolute atomic E-state index is 0.982. The summed E-state index contributed by atoms with van der Waals surface area (Å²) in [6.07, 6.45) is 13.9. The molecule has 0 aliphatic heterocycles. The summed E-state index contributed by atoms with van der Waals surface area (Å²) in [4.78, 5) is 0. The Morgan fingerprint density at radius 3 is 2.71 bits per heavy atom. The third-order valence-electron chi connectivity index (χ3n) is 4.24. The molecule has 2 aliphatic carbocycles. The first kappa shape index (κ1) is 10.8. The first-order chi connectivity index (χ1) is 8.42. The van der Waals surface area contributed by atoms with Crippen molar-refractivity contribution in [1.82, 2.24) is 0 Å². The predicted molar refractivity (Wildman–Crippen MR) is 73.6 cm³/mol. The number of benzene rings is 1. The van der Waals surface area contributed by atoms with Crippen molar-refractivity contribution in [2.75, 3.05) is 0 Å². The minimum Gasteiger partial charge on any atom is -0.0850 e. The summed E-state index contributed by atoms with van der Waals surface area (Å²) in [5, 5.41) is 0. The maximum Gasteiger partial charge on any atom is -0.0260 e. The molecule has 2 atom stereocenters. The highest BCUT2D eigenvalue weighted by Crippen LogP contribution is 2.45. The average molecular weight is 224 g/mol. The Morgan fingerprint density at radius 1 is 1.12 bits per heavy atom. The number of allylic oxidation sites excluding steroid dienone is 3. The summed E-state index contributed by atoms with van der Waals surface area (Å²) in [5.74, 6) is 1.98. The van der Waals surface area contributed by atoms with Crippen molar-refractivity contribution in [2.45, 2.75) is 32.1 Å². The topological polar surface area (TPSA) is 0 Å². The molecule has 0 amide bonds. The van der Waals surface area contributed by atoms with E-state index in [0.29, 0.717) is 0 Å². The van der Waals surface area contributed by atoms with Crippen LogP contribution in [0.5, 0.6) is 0 Å². The Hall–Kier alpha value is -1.30. The van der Waals surface area contributed by atoms with Gasteiger partial charge >= 0.3 is 0 Å². The van der Waals surface area contributed by atoms with Crippen molar-refractivity contribution in [3.05, 3.63) is 53.6 Å². The molecular formula is C17H20. The molecule has 1 aromatic rings. The second-order valence-corrected chi connectivity index (χ2v) is 5.42. The second-order valence-electron chi connectivity index (χ2n) is 5.42. The van der Waals surface area contributed by atoms with Crippen molar-refractivity contribution in [3.63, 3.8) is 0 Å². The summed E-state index contributed by atoms with van der Waals surface area (Å²) >= 11 is 0. The van der Waals surface area contributed by atoms with Gasteiger partial charge in [0.05, 0.1) is 0 Å². The molecule has 0 N–H and O–H groups in total. The second kappa shape index (κ2) is 4.91. The Bertz CT molecular complexity index is 425. The van der Waals surface area contributed by atoms with Crippen LogP contribution in [0.2, 0.25) is 0 Å². The zero-order valence-corrected chi connectivity index (χ0v) is 10.3. The van der Waals surface area contributed by atoms with E-state index in [2.05, 4.69) is 48.6 Å². The normalized spacial score (nSPS) is 26.7. The standard InChI is InChI=1S/C17H20/c1-2-6-14(7-3-1)8-4-5-9-16-12-15-10-11-17(16)13-15/h1-4,6-8,10,16-17H,5,9,11-13H2. The lowest BCUT2D eigenvalue weighted by atomic mass is 9.88. The molecule has 1 fully saturated rings. The monoisotopic (exact) mass is 224 g/mol. The zero-order valence-electron chi connectivity index (χ0n) is 10.3. The Morgan fingerprint density at radius 2 is 2.00 bits per heavy atom. The molecule has 88 valence electrons. The number of hydrogen-bond acceptors (Lipinski definition) is 0. The highest BCUT2D eigenvalue weighted by atomic mass is 14.4. The Balaban J connectivity index is 1.47. The van der Waals surface area contributed by atoms with Crippen LogP contribution in [0.15, 0.2) is 48.1 Å². The van der Waals surface area contributed by atoms with Gasteiger partial charge in [-0.05, 0) is 49.5 Å². The summed E-state index contributed by atoms with van der Waals surface area (Å²) in [6, 6.07) is 10.6. The van der Waals surface area contributed by atoms with Crippen molar-refractivity contribution < 1.29 is 0 Å². The molecule has 0 radical (unpaired) electrons. The van der Waals surface area contributed by atoms with E-state index in [9.17, 15) is 0 Å². The van der Waals surface area contributed by atoms with Crippen molar-refractivity contribution in [3.8, 4) is 0 Å². The molecule has 2 aliphatic rings. The van der Waals surface area contributed by atoms with Crippen LogP contribution in [0.4, 0.5) is 0 Å². The highest BCUT2D eigenvalue weighted by Gasteiger charge is 2.32. The molecular weight excluding hydrogens is 204 g/mol. The molecule has 1 aromatic carbocycles. The molecule has 1 saturated carbocycles. The predicted octanol–water partition coefficient (Wildman–Crippen LogP) is 4.84. The Kier molecular flexibility index (Phi) is 3.13. The van der Waals surface area contributed by atoms with Crippen LogP contribution in [0, 0.1) is 11.8 Å². The van der Waals surface area contributed by atoms with Crippen LogP contribution >= 0.6 is 0 Å². The average Bonchev–Trinajstić information content (AvgIpc) is 2.98. The number of rotatable bonds is 4. The fourth-order valence-corrected chi connectivity index (χ4v) is 3.28. The van der Waals surface area contributed by atoms with Crippen LogP contribution in [-0.4, -0.2) is 0 Å². The highest BCUT2D eigenvalue weighted by molar-refractivity contribution is 5.48. The lowest BCUT2D eigenvalue weighted by Gasteiger charge is -2.17. The van der Waals surface area contributed by atoms with Gasteiger partial charge in [0.25, 0.3) is 0 Å². The van der Waals surface area contributed by atoms with E-state index < -0.39 is 0 Å². The van der Waals surface area contributed by atoms with Gasteiger partial charge in [0.2, 0.25) is 0 Å². The molecule has 0 heteroatoms. The van der Waals surface area contributed by atoms with Gasteiger partial charge in [-0.1, -0.05) is 54.1 Å². The van der Waals surface area contributed by atoms with Crippen molar-refractivity contribution >= 4 is 6.08 Å². The largest absolute Gasteiger partial charge is 0.0850 e. The van der Waals surface area contributed by atoms with E-state index in [-0.39, 0.29) is 0 Å². The summed E-state index contributed by atoms with van der Waals surface area (Å²) in [6.45, 7) is 0. The summed E-state index contributed by atoms with van der Waals surface area (Å²) in [7, 11) is 0. The molecule has 0 heterocycles. The van der Waals surface area contributed by atoms with Gasteiger partial charge in [-0.15, -0.1) is 0 Å². The van der Waals surface area contributed by atoms with E-state index in [1.54, 1.807) is 5.57 Å². The molecule has 0 spiro atoms.